The van der Waals surface area contributed by atoms with Gasteiger partial charge >= 0.3 is 6.09 Å². The van der Waals surface area contributed by atoms with Gasteiger partial charge in [-0.25, -0.2) is 4.79 Å². The van der Waals surface area contributed by atoms with Crippen LogP contribution in [0.5, 0.6) is 0 Å². The minimum Gasteiger partial charge on any atom is -0.450 e. The normalized spacial score (nSPS) is 16.0. The van der Waals surface area contributed by atoms with Gasteiger partial charge in [0.2, 0.25) is 0 Å². The third kappa shape index (κ3) is 3.05. The van der Waals surface area contributed by atoms with Crippen molar-refractivity contribution in [2.24, 2.45) is 0 Å². The molecule has 1 amide bonds. The van der Waals surface area contributed by atoms with E-state index in [1.807, 2.05) is 11.8 Å². The second kappa shape index (κ2) is 7.20. The summed E-state index contributed by atoms with van der Waals surface area (Å²) in [7, 11) is 0. The van der Waals surface area contributed by atoms with Crippen LogP contribution >= 0.6 is 0 Å². The fourth-order valence-electron chi connectivity index (χ4n) is 3.87. The number of hydrogen-bond acceptors (Lipinski definition) is 2. The summed E-state index contributed by atoms with van der Waals surface area (Å²) in [6.45, 7) is 3.71. The van der Waals surface area contributed by atoms with Gasteiger partial charge in [-0.05, 0) is 47.6 Å². The van der Waals surface area contributed by atoms with E-state index < -0.39 is 0 Å². The lowest BCUT2D eigenvalue weighted by molar-refractivity contribution is 0.104. The Morgan fingerprint density at radius 2 is 1.46 bits per heavy atom. The van der Waals surface area contributed by atoms with Crippen molar-refractivity contribution in [3.05, 3.63) is 76.4 Å². The van der Waals surface area contributed by atoms with Crippen molar-refractivity contribution in [1.29, 1.82) is 0 Å². The first-order valence-corrected chi connectivity index (χ1v) is 9.28. The molecule has 3 heteroatoms. The van der Waals surface area contributed by atoms with Crippen molar-refractivity contribution in [3.8, 4) is 0 Å². The molecule has 0 saturated carbocycles. The largest absolute Gasteiger partial charge is 0.450 e. The third-order valence-electron chi connectivity index (χ3n) is 5.15. The van der Waals surface area contributed by atoms with E-state index in [2.05, 4.69) is 60.7 Å². The van der Waals surface area contributed by atoms with Gasteiger partial charge in [-0.3, -0.25) is 0 Å². The van der Waals surface area contributed by atoms with Gasteiger partial charge in [0, 0.05) is 13.1 Å². The van der Waals surface area contributed by atoms with Crippen LogP contribution in [-0.2, 0) is 4.74 Å². The number of rotatable bonds is 1. The zero-order valence-corrected chi connectivity index (χ0v) is 15.1. The number of carbonyl (C=O) groups is 1. The highest BCUT2D eigenvalue weighted by Gasteiger charge is 2.24. The molecule has 0 unspecified atom stereocenters. The van der Waals surface area contributed by atoms with Crippen molar-refractivity contribution in [1.82, 2.24) is 4.90 Å². The van der Waals surface area contributed by atoms with E-state index >= 15 is 0 Å². The molecule has 1 saturated heterocycles. The molecule has 3 nitrogen and oxygen atoms in total. The summed E-state index contributed by atoms with van der Waals surface area (Å²) >= 11 is 0. The molecule has 1 heterocycles. The van der Waals surface area contributed by atoms with Crippen molar-refractivity contribution < 1.29 is 9.53 Å². The minimum absolute atomic E-state index is 0.195. The lowest BCUT2D eigenvalue weighted by atomic mass is 9.86. The lowest BCUT2D eigenvalue weighted by Crippen LogP contribution is -2.37. The van der Waals surface area contributed by atoms with Crippen LogP contribution in [0.2, 0.25) is 0 Å². The van der Waals surface area contributed by atoms with Crippen molar-refractivity contribution in [3.63, 3.8) is 0 Å². The topological polar surface area (TPSA) is 29.5 Å². The number of amides is 1. The standard InChI is InChI=1S/C23H23NO2/c1-2-26-23(25)24-15-13-19(14-16-24)22-20-9-5-3-7-17(20)11-12-18-8-4-6-10-21(18)22/h3-12H,2,13-16H2,1H3. The molecule has 26 heavy (non-hydrogen) atoms. The van der Waals surface area contributed by atoms with Crippen LogP contribution in [0.1, 0.15) is 42.0 Å². The molecule has 2 aromatic carbocycles. The molecule has 0 radical (unpaired) electrons. The van der Waals surface area contributed by atoms with Gasteiger partial charge < -0.3 is 9.64 Å². The highest BCUT2D eigenvalue weighted by molar-refractivity contribution is 5.95. The Balaban J connectivity index is 1.75. The summed E-state index contributed by atoms with van der Waals surface area (Å²) in [4.78, 5) is 13.8. The molecule has 0 bridgehead atoms. The molecule has 2 aromatic rings. The number of hydrogen-bond donors (Lipinski definition) is 0. The number of fused-ring (bicyclic) bond motifs is 2. The van der Waals surface area contributed by atoms with Crippen molar-refractivity contribution >= 4 is 23.8 Å². The second-order valence-corrected chi connectivity index (χ2v) is 6.67. The van der Waals surface area contributed by atoms with Crippen molar-refractivity contribution in [2.75, 3.05) is 19.7 Å². The predicted molar refractivity (Wildman–Crippen MR) is 106 cm³/mol. The molecule has 4 rings (SSSR count). The van der Waals surface area contributed by atoms with Gasteiger partial charge in [0.25, 0.3) is 0 Å². The first kappa shape index (κ1) is 16.6. The molecule has 0 spiro atoms. The first-order valence-electron chi connectivity index (χ1n) is 9.28. The highest BCUT2D eigenvalue weighted by atomic mass is 16.6. The highest BCUT2D eigenvalue weighted by Crippen LogP contribution is 2.38. The van der Waals surface area contributed by atoms with Gasteiger partial charge in [0.05, 0.1) is 6.61 Å². The van der Waals surface area contributed by atoms with E-state index in [9.17, 15) is 4.79 Å². The zero-order chi connectivity index (χ0) is 17.9. The fourth-order valence-corrected chi connectivity index (χ4v) is 3.87. The summed E-state index contributed by atoms with van der Waals surface area (Å²) in [5, 5.41) is 0. The van der Waals surface area contributed by atoms with Crippen LogP contribution in [0, 0.1) is 0 Å². The quantitative estimate of drug-likeness (QED) is 0.605. The number of nitrogens with zero attached hydrogens (tertiary/aromatic N) is 1. The summed E-state index contributed by atoms with van der Waals surface area (Å²) in [6.07, 6.45) is 5.98. The Morgan fingerprint density at radius 1 is 0.923 bits per heavy atom. The lowest BCUT2D eigenvalue weighted by Gasteiger charge is -2.29. The molecular formula is C23H23NO2. The summed E-state index contributed by atoms with van der Waals surface area (Å²) in [5.41, 5.74) is 7.83. The van der Waals surface area contributed by atoms with E-state index in [0.717, 1.165) is 25.9 Å². The van der Waals surface area contributed by atoms with E-state index in [0.29, 0.717) is 6.61 Å². The SMILES string of the molecule is CCOC(=O)N1CCC(=C2c3ccccc3C=Cc3ccccc32)CC1. The fraction of sp³-hybridized carbons (Fsp3) is 0.261. The maximum atomic E-state index is 12.0. The average molecular weight is 345 g/mol. The maximum Gasteiger partial charge on any atom is 0.409 e. The molecule has 0 N–H and O–H groups in total. The molecule has 1 fully saturated rings. The Morgan fingerprint density at radius 3 is 2.00 bits per heavy atom. The molecule has 2 aliphatic rings. The maximum absolute atomic E-state index is 12.0. The minimum atomic E-state index is -0.195. The van der Waals surface area contributed by atoms with E-state index in [4.69, 9.17) is 4.74 Å². The average Bonchev–Trinajstić information content (AvgIpc) is 2.85. The molecule has 0 aromatic heterocycles. The monoisotopic (exact) mass is 345 g/mol. The number of likely N-dealkylation sites (tertiary alicyclic amines) is 1. The third-order valence-corrected chi connectivity index (χ3v) is 5.15. The summed E-state index contributed by atoms with van der Waals surface area (Å²) in [5.74, 6) is 0. The van der Waals surface area contributed by atoms with E-state index in [-0.39, 0.29) is 6.09 Å². The van der Waals surface area contributed by atoms with Gasteiger partial charge in [0.1, 0.15) is 0 Å². The van der Waals surface area contributed by atoms with Crippen LogP contribution in [0.25, 0.3) is 17.7 Å². The van der Waals surface area contributed by atoms with Crippen LogP contribution < -0.4 is 0 Å². The molecule has 1 aliphatic carbocycles. The Kier molecular flexibility index (Phi) is 4.61. The van der Waals surface area contributed by atoms with Crippen LogP contribution in [0.3, 0.4) is 0 Å². The zero-order valence-electron chi connectivity index (χ0n) is 15.1. The van der Waals surface area contributed by atoms with Gasteiger partial charge in [-0.2, -0.15) is 0 Å². The molecule has 0 atom stereocenters. The number of carbonyl (C=O) groups excluding carboxylic acids is 1. The smallest absolute Gasteiger partial charge is 0.409 e. The molecule has 132 valence electrons. The number of ether oxygens (including phenoxy) is 1. The van der Waals surface area contributed by atoms with Gasteiger partial charge in [-0.1, -0.05) is 66.3 Å². The first-order chi connectivity index (χ1) is 12.8. The van der Waals surface area contributed by atoms with Crippen LogP contribution in [0.4, 0.5) is 4.79 Å². The van der Waals surface area contributed by atoms with Gasteiger partial charge in [-0.15, -0.1) is 0 Å². The molecular weight excluding hydrogens is 322 g/mol. The summed E-state index contributed by atoms with van der Waals surface area (Å²) in [6, 6.07) is 17.2. The predicted octanol–water partition coefficient (Wildman–Crippen LogP) is 5.22. The Bertz CT molecular complexity index is 833. The van der Waals surface area contributed by atoms with Crippen LogP contribution in [-0.4, -0.2) is 30.7 Å². The van der Waals surface area contributed by atoms with Crippen molar-refractivity contribution in [2.45, 2.75) is 19.8 Å². The summed E-state index contributed by atoms with van der Waals surface area (Å²) < 4.78 is 5.16. The number of piperidine rings is 1. The molecule has 1 aliphatic heterocycles. The second-order valence-electron chi connectivity index (χ2n) is 6.67. The Labute approximate surface area is 154 Å². The van der Waals surface area contributed by atoms with Crippen LogP contribution in [0.15, 0.2) is 54.1 Å². The van der Waals surface area contributed by atoms with Gasteiger partial charge in [0.15, 0.2) is 0 Å². The Hall–Kier alpha value is -2.81. The van der Waals surface area contributed by atoms with E-state index in [1.54, 1.807) is 0 Å². The van der Waals surface area contributed by atoms with E-state index in [1.165, 1.54) is 33.4 Å². The number of benzene rings is 2.